The molecule has 1 aromatic heterocycles. The highest BCUT2D eigenvalue weighted by atomic mass is 35.5. The van der Waals surface area contributed by atoms with Crippen LogP contribution in [0.1, 0.15) is 85.7 Å². The van der Waals surface area contributed by atoms with Gasteiger partial charge in [-0.2, -0.15) is 0 Å². The molecular weight excluding hydrogens is 474 g/mol. The molecule has 1 aliphatic carbocycles. The van der Waals surface area contributed by atoms with E-state index in [4.69, 9.17) is 16.1 Å². The number of carboxylic acid groups (broad SMARTS) is 1. The molecule has 1 fully saturated rings. The van der Waals surface area contributed by atoms with Gasteiger partial charge in [0.15, 0.2) is 5.76 Å². The minimum Gasteiger partial charge on any atom is -0.481 e. The molecule has 5 nitrogen and oxygen atoms in total. The van der Waals surface area contributed by atoms with Crippen molar-refractivity contribution < 1.29 is 19.2 Å². The number of benzene rings is 2. The summed E-state index contributed by atoms with van der Waals surface area (Å²) in [5.41, 5.74) is 5.97. The third-order valence-electron chi connectivity index (χ3n) is 6.86. The molecule has 6 heteroatoms. The summed E-state index contributed by atoms with van der Waals surface area (Å²) in [5, 5.41) is 14.5. The summed E-state index contributed by atoms with van der Waals surface area (Å²) in [6.45, 7) is 6.35. The van der Waals surface area contributed by atoms with Crippen LogP contribution in [-0.2, 0) is 22.4 Å². The van der Waals surface area contributed by atoms with Crippen LogP contribution < -0.4 is 0 Å². The average Bonchev–Trinajstić information content (AvgIpc) is 3.56. The number of carbonyl (C=O) groups excluding carboxylic acids is 1. The van der Waals surface area contributed by atoms with Crippen LogP contribution in [0.2, 0.25) is 5.02 Å². The molecule has 3 aromatic rings. The van der Waals surface area contributed by atoms with Crippen molar-refractivity contribution in [1.29, 1.82) is 0 Å². The van der Waals surface area contributed by atoms with Gasteiger partial charge in [0.25, 0.3) is 0 Å². The zero-order valence-electron chi connectivity index (χ0n) is 21.2. The Bertz CT molecular complexity index is 1220. The van der Waals surface area contributed by atoms with E-state index in [1.54, 1.807) is 6.07 Å². The van der Waals surface area contributed by atoms with Gasteiger partial charge in [0, 0.05) is 41.3 Å². The second-order valence-electron chi connectivity index (χ2n) is 10.5. The Morgan fingerprint density at radius 1 is 1.14 bits per heavy atom. The molecule has 1 atom stereocenters. The maximum Gasteiger partial charge on any atom is 0.303 e. The van der Waals surface area contributed by atoms with Gasteiger partial charge in [0.05, 0.1) is 5.69 Å². The maximum atomic E-state index is 13.1. The van der Waals surface area contributed by atoms with E-state index in [9.17, 15) is 14.7 Å². The van der Waals surface area contributed by atoms with Crippen LogP contribution in [-0.4, -0.2) is 22.0 Å². The molecule has 1 unspecified atom stereocenters. The zero-order chi connectivity index (χ0) is 25.8. The van der Waals surface area contributed by atoms with Gasteiger partial charge in [-0.05, 0) is 73.3 Å². The highest BCUT2D eigenvalue weighted by Crippen LogP contribution is 2.48. The number of rotatable bonds is 12. The zero-order valence-corrected chi connectivity index (χ0v) is 22.0. The first-order chi connectivity index (χ1) is 17.2. The van der Waals surface area contributed by atoms with Gasteiger partial charge in [-0.15, -0.1) is 0 Å². The summed E-state index contributed by atoms with van der Waals surface area (Å²) < 4.78 is 5.90. The number of aryl methyl sites for hydroxylation is 1. The Labute approximate surface area is 217 Å². The predicted octanol–water partition coefficient (Wildman–Crippen LogP) is 7.53. The molecule has 2 aromatic carbocycles. The van der Waals surface area contributed by atoms with E-state index in [1.165, 1.54) is 5.56 Å². The number of nitrogens with zero attached hydrogens (tertiary/aromatic N) is 1. The lowest BCUT2D eigenvalue weighted by Gasteiger charge is -2.15. The standard InChI is InChI=1S/C30H34ClNO4/c1-18(2)14-20-4-6-22(7-5-20)30-28(21-8-9-21)29(32-36-30)24(11-13-27(34)35)17-26(33)16-23-10-12-25(31)15-19(23)3/h4-7,10,12,15,18,21,24H,8-9,11,13-14,16-17H2,1-3H3,(H,34,35). The first kappa shape index (κ1) is 26.2. The maximum absolute atomic E-state index is 13.1. The number of hydrogen-bond acceptors (Lipinski definition) is 4. The summed E-state index contributed by atoms with van der Waals surface area (Å²) in [4.78, 5) is 24.6. The minimum absolute atomic E-state index is 0.0197. The summed E-state index contributed by atoms with van der Waals surface area (Å²) in [7, 11) is 0. The van der Waals surface area contributed by atoms with Gasteiger partial charge in [0.1, 0.15) is 5.78 Å². The molecule has 0 aliphatic heterocycles. The first-order valence-corrected chi connectivity index (χ1v) is 13.2. The fraction of sp³-hybridized carbons (Fsp3) is 0.433. The van der Waals surface area contributed by atoms with Gasteiger partial charge in [0.2, 0.25) is 0 Å². The van der Waals surface area contributed by atoms with E-state index in [2.05, 4.69) is 43.3 Å². The third kappa shape index (κ3) is 6.64. The smallest absolute Gasteiger partial charge is 0.303 e. The second-order valence-corrected chi connectivity index (χ2v) is 10.9. The number of aromatic nitrogens is 1. The molecule has 1 N–H and O–H groups in total. The van der Waals surface area contributed by atoms with E-state index in [-0.39, 0.29) is 31.0 Å². The highest BCUT2D eigenvalue weighted by Gasteiger charge is 2.36. The SMILES string of the molecule is Cc1cc(Cl)ccc1CC(=O)CC(CCC(=O)O)c1noc(-c2ccc(CC(C)C)cc2)c1C1CC1. The Morgan fingerprint density at radius 3 is 2.47 bits per heavy atom. The molecule has 36 heavy (non-hydrogen) atoms. The summed E-state index contributed by atoms with van der Waals surface area (Å²) in [5.74, 6) is 0.564. The Hall–Kier alpha value is -2.92. The molecule has 0 bridgehead atoms. The summed E-state index contributed by atoms with van der Waals surface area (Å²) >= 11 is 6.07. The fourth-order valence-corrected chi connectivity index (χ4v) is 5.12. The van der Waals surface area contributed by atoms with Crippen LogP contribution in [0.3, 0.4) is 0 Å². The average molecular weight is 508 g/mol. The molecule has 1 aliphatic rings. The lowest BCUT2D eigenvalue weighted by atomic mass is 9.87. The third-order valence-corrected chi connectivity index (χ3v) is 7.10. The van der Waals surface area contributed by atoms with E-state index in [0.29, 0.717) is 23.3 Å². The van der Waals surface area contributed by atoms with E-state index < -0.39 is 5.97 Å². The van der Waals surface area contributed by atoms with Crippen molar-refractivity contribution in [3.8, 4) is 11.3 Å². The Kier molecular flexibility index (Phi) is 8.30. The van der Waals surface area contributed by atoms with Crippen LogP contribution in [0.15, 0.2) is 47.0 Å². The lowest BCUT2D eigenvalue weighted by Crippen LogP contribution is -2.13. The van der Waals surface area contributed by atoms with Crippen molar-refractivity contribution in [2.24, 2.45) is 5.92 Å². The molecule has 4 rings (SSSR count). The lowest BCUT2D eigenvalue weighted by molar-refractivity contribution is -0.137. The van der Waals surface area contributed by atoms with E-state index in [1.807, 2.05) is 19.1 Å². The molecule has 0 saturated heterocycles. The van der Waals surface area contributed by atoms with Gasteiger partial charge >= 0.3 is 5.97 Å². The van der Waals surface area contributed by atoms with Crippen molar-refractivity contribution in [2.75, 3.05) is 0 Å². The number of ketones is 1. The second kappa shape index (κ2) is 11.4. The normalized spacial score (nSPS) is 14.2. The van der Waals surface area contributed by atoms with Crippen LogP contribution in [0.4, 0.5) is 0 Å². The Morgan fingerprint density at radius 2 is 1.86 bits per heavy atom. The molecule has 190 valence electrons. The number of hydrogen-bond donors (Lipinski definition) is 1. The molecule has 0 radical (unpaired) electrons. The topological polar surface area (TPSA) is 80.4 Å². The van der Waals surface area contributed by atoms with Crippen molar-refractivity contribution in [3.05, 3.63) is 75.4 Å². The molecule has 1 saturated carbocycles. The van der Waals surface area contributed by atoms with Gasteiger partial charge in [-0.1, -0.05) is 60.9 Å². The largest absolute Gasteiger partial charge is 0.481 e. The van der Waals surface area contributed by atoms with Gasteiger partial charge in [-0.3, -0.25) is 9.59 Å². The first-order valence-electron chi connectivity index (χ1n) is 12.8. The molecule has 0 spiro atoms. The van der Waals surface area contributed by atoms with Crippen LogP contribution >= 0.6 is 11.6 Å². The van der Waals surface area contributed by atoms with Crippen LogP contribution in [0, 0.1) is 12.8 Å². The van der Waals surface area contributed by atoms with E-state index in [0.717, 1.165) is 53.0 Å². The minimum atomic E-state index is -0.876. The van der Waals surface area contributed by atoms with Gasteiger partial charge < -0.3 is 9.63 Å². The highest BCUT2D eigenvalue weighted by molar-refractivity contribution is 6.30. The number of Topliss-reactive ketones (excluding diaryl/α,β-unsaturated/α-hetero) is 1. The predicted molar refractivity (Wildman–Crippen MR) is 142 cm³/mol. The van der Waals surface area contributed by atoms with Gasteiger partial charge in [-0.25, -0.2) is 0 Å². The van der Waals surface area contributed by atoms with Crippen molar-refractivity contribution in [2.45, 2.75) is 77.6 Å². The Balaban J connectivity index is 1.60. The number of halogens is 1. The molecule has 1 heterocycles. The van der Waals surface area contributed by atoms with Crippen molar-refractivity contribution >= 4 is 23.4 Å². The van der Waals surface area contributed by atoms with E-state index >= 15 is 0 Å². The van der Waals surface area contributed by atoms with Crippen LogP contribution in [0.25, 0.3) is 11.3 Å². The quantitative estimate of drug-likeness (QED) is 0.274. The molecule has 0 amide bonds. The van der Waals surface area contributed by atoms with Crippen molar-refractivity contribution in [3.63, 3.8) is 0 Å². The summed E-state index contributed by atoms with van der Waals surface area (Å²) in [6.07, 6.45) is 3.96. The number of carbonyl (C=O) groups is 2. The fourth-order valence-electron chi connectivity index (χ4n) is 4.89. The number of carboxylic acids is 1. The molecular formula is C30H34ClNO4. The van der Waals surface area contributed by atoms with Crippen molar-refractivity contribution in [1.82, 2.24) is 5.16 Å². The number of aliphatic carboxylic acids is 1. The monoisotopic (exact) mass is 507 g/mol. The van der Waals surface area contributed by atoms with Crippen LogP contribution in [0.5, 0.6) is 0 Å². The summed E-state index contributed by atoms with van der Waals surface area (Å²) in [6, 6.07) is 14.0.